The first-order valence-electron chi connectivity index (χ1n) is 7.25. The summed E-state index contributed by atoms with van der Waals surface area (Å²) < 4.78 is 0. The number of hydrogen-bond acceptors (Lipinski definition) is 2. The lowest BCUT2D eigenvalue weighted by molar-refractivity contribution is -0.129. The quantitative estimate of drug-likeness (QED) is 0.916. The van der Waals surface area contributed by atoms with E-state index in [2.05, 4.69) is 31.2 Å². The smallest absolute Gasteiger partial charge is 0.226 e. The van der Waals surface area contributed by atoms with Crippen LogP contribution in [0.5, 0.6) is 0 Å². The summed E-state index contributed by atoms with van der Waals surface area (Å²) in [7, 11) is 0. The fraction of sp³-hybridized carbons (Fsp3) is 0.471. The van der Waals surface area contributed by atoms with E-state index in [1.807, 2.05) is 17.1 Å². The molecule has 1 N–H and O–H groups in total. The number of nitrogens with zero attached hydrogens (tertiary/aromatic N) is 1. The number of aryl methyl sites for hydroxylation is 1. The molecule has 1 fully saturated rings. The maximum atomic E-state index is 12.1. The molecule has 108 valence electrons. The van der Waals surface area contributed by atoms with E-state index in [1.54, 1.807) is 6.92 Å². The van der Waals surface area contributed by atoms with Gasteiger partial charge in [-0.3, -0.25) is 4.79 Å². The molecule has 1 heterocycles. The molecule has 0 saturated carbocycles. The summed E-state index contributed by atoms with van der Waals surface area (Å²) in [5, 5.41) is 9.55. The van der Waals surface area contributed by atoms with Crippen LogP contribution in [0.3, 0.4) is 0 Å². The predicted molar refractivity (Wildman–Crippen MR) is 81.2 cm³/mol. The van der Waals surface area contributed by atoms with Gasteiger partial charge in [0.05, 0.1) is 6.10 Å². The Bertz CT molecular complexity index is 476. The summed E-state index contributed by atoms with van der Waals surface area (Å²) >= 11 is 0. The SMILES string of the molecule is Cc1ccc(/C=C/CC(=O)N2CCC(C(C)O)C2)cc1. The average molecular weight is 273 g/mol. The Hall–Kier alpha value is -1.61. The van der Waals surface area contributed by atoms with Gasteiger partial charge in [0.25, 0.3) is 0 Å². The van der Waals surface area contributed by atoms with Gasteiger partial charge < -0.3 is 10.0 Å². The minimum Gasteiger partial charge on any atom is -0.393 e. The van der Waals surface area contributed by atoms with Gasteiger partial charge in [-0.05, 0) is 25.8 Å². The van der Waals surface area contributed by atoms with Gasteiger partial charge in [0, 0.05) is 25.4 Å². The molecule has 2 unspecified atom stereocenters. The van der Waals surface area contributed by atoms with E-state index in [-0.39, 0.29) is 17.9 Å². The number of hydrogen-bond donors (Lipinski definition) is 1. The zero-order chi connectivity index (χ0) is 14.5. The highest BCUT2D eigenvalue weighted by Crippen LogP contribution is 2.20. The molecular weight excluding hydrogens is 250 g/mol. The van der Waals surface area contributed by atoms with E-state index in [1.165, 1.54) is 5.56 Å². The fourth-order valence-electron chi connectivity index (χ4n) is 2.51. The summed E-state index contributed by atoms with van der Waals surface area (Å²) in [6.45, 7) is 5.32. The van der Waals surface area contributed by atoms with Crippen molar-refractivity contribution in [3.63, 3.8) is 0 Å². The molecule has 1 amide bonds. The molecule has 1 aliphatic rings. The highest BCUT2D eigenvalue weighted by molar-refractivity contribution is 5.79. The molecule has 2 rings (SSSR count). The molecule has 0 bridgehead atoms. The van der Waals surface area contributed by atoms with Gasteiger partial charge in [0.15, 0.2) is 0 Å². The topological polar surface area (TPSA) is 40.5 Å². The Balaban J connectivity index is 1.82. The number of rotatable bonds is 4. The second-order valence-corrected chi connectivity index (χ2v) is 5.65. The molecule has 1 aliphatic heterocycles. The second kappa shape index (κ2) is 6.71. The van der Waals surface area contributed by atoms with Crippen molar-refractivity contribution in [3.8, 4) is 0 Å². The highest BCUT2D eigenvalue weighted by atomic mass is 16.3. The van der Waals surface area contributed by atoms with Crippen molar-refractivity contribution in [3.05, 3.63) is 41.5 Å². The van der Waals surface area contributed by atoms with E-state index in [4.69, 9.17) is 0 Å². The Morgan fingerprint density at radius 1 is 1.45 bits per heavy atom. The normalized spacial score (nSPS) is 20.6. The molecule has 1 aromatic rings. The number of benzene rings is 1. The third-order valence-electron chi connectivity index (χ3n) is 3.94. The van der Waals surface area contributed by atoms with Crippen LogP contribution in [0.2, 0.25) is 0 Å². The molecule has 0 aromatic heterocycles. The van der Waals surface area contributed by atoms with Crippen LogP contribution >= 0.6 is 0 Å². The zero-order valence-corrected chi connectivity index (χ0v) is 12.2. The maximum absolute atomic E-state index is 12.1. The lowest BCUT2D eigenvalue weighted by atomic mass is 10.0. The third-order valence-corrected chi connectivity index (χ3v) is 3.94. The van der Waals surface area contributed by atoms with E-state index < -0.39 is 0 Å². The molecule has 2 atom stereocenters. The number of aliphatic hydroxyl groups excluding tert-OH is 1. The molecule has 1 aromatic carbocycles. The van der Waals surface area contributed by atoms with Crippen molar-refractivity contribution in [1.82, 2.24) is 4.90 Å². The molecule has 20 heavy (non-hydrogen) atoms. The van der Waals surface area contributed by atoms with Crippen molar-refractivity contribution in [2.24, 2.45) is 5.92 Å². The highest BCUT2D eigenvalue weighted by Gasteiger charge is 2.28. The number of amides is 1. The first-order chi connectivity index (χ1) is 9.56. The van der Waals surface area contributed by atoms with Gasteiger partial charge in [-0.25, -0.2) is 0 Å². The van der Waals surface area contributed by atoms with Crippen molar-refractivity contribution in [2.75, 3.05) is 13.1 Å². The minimum absolute atomic E-state index is 0.150. The molecule has 0 radical (unpaired) electrons. The summed E-state index contributed by atoms with van der Waals surface area (Å²) in [6.07, 6.45) is 4.92. The zero-order valence-electron chi connectivity index (χ0n) is 12.2. The standard InChI is InChI=1S/C17H23NO2/c1-13-6-8-15(9-7-13)4-3-5-17(20)18-11-10-16(12-18)14(2)19/h3-4,6-9,14,16,19H,5,10-12H2,1-2H3/b4-3+. The Morgan fingerprint density at radius 2 is 2.15 bits per heavy atom. The van der Waals surface area contributed by atoms with Crippen LogP contribution in [0.1, 0.15) is 30.9 Å². The predicted octanol–water partition coefficient (Wildman–Crippen LogP) is 2.63. The van der Waals surface area contributed by atoms with Gasteiger partial charge in [-0.2, -0.15) is 0 Å². The molecule has 0 aliphatic carbocycles. The lowest BCUT2D eigenvalue weighted by Gasteiger charge is -2.16. The fourth-order valence-corrected chi connectivity index (χ4v) is 2.51. The number of aliphatic hydroxyl groups is 1. The van der Waals surface area contributed by atoms with Crippen LogP contribution in [-0.4, -0.2) is 35.1 Å². The minimum atomic E-state index is -0.323. The lowest BCUT2D eigenvalue weighted by Crippen LogP contribution is -2.29. The Labute approximate surface area is 120 Å². The Kier molecular flexibility index (Phi) is 4.96. The van der Waals surface area contributed by atoms with Crippen molar-refractivity contribution in [1.29, 1.82) is 0 Å². The summed E-state index contributed by atoms with van der Waals surface area (Å²) in [4.78, 5) is 13.9. The Morgan fingerprint density at radius 3 is 2.75 bits per heavy atom. The van der Waals surface area contributed by atoms with Crippen LogP contribution in [0.25, 0.3) is 6.08 Å². The second-order valence-electron chi connectivity index (χ2n) is 5.65. The van der Waals surface area contributed by atoms with Gasteiger partial charge in [-0.1, -0.05) is 42.0 Å². The van der Waals surface area contributed by atoms with Crippen molar-refractivity contribution >= 4 is 12.0 Å². The van der Waals surface area contributed by atoms with Crippen LogP contribution in [-0.2, 0) is 4.79 Å². The van der Waals surface area contributed by atoms with E-state index in [0.29, 0.717) is 13.0 Å². The average Bonchev–Trinajstić information content (AvgIpc) is 2.91. The molecule has 0 spiro atoms. The van der Waals surface area contributed by atoms with Crippen LogP contribution in [0.15, 0.2) is 30.3 Å². The number of likely N-dealkylation sites (tertiary alicyclic amines) is 1. The van der Waals surface area contributed by atoms with Crippen molar-refractivity contribution in [2.45, 2.75) is 32.8 Å². The van der Waals surface area contributed by atoms with Crippen LogP contribution in [0.4, 0.5) is 0 Å². The maximum Gasteiger partial charge on any atom is 0.226 e. The molecule has 1 saturated heterocycles. The monoisotopic (exact) mass is 273 g/mol. The molecular formula is C17H23NO2. The van der Waals surface area contributed by atoms with Gasteiger partial charge >= 0.3 is 0 Å². The molecule has 3 nitrogen and oxygen atoms in total. The summed E-state index contributed by atoms with van der Waals surface area (Å²) in [5.41, 5.74) is 2.35. The van der Waals surface area contributed by atoms with Crippen LogP contribution in [0, 0.1) is 12.8 Å². The first-order valence-corrected chi connectivity index (χ1v) is 7.25. The number of carbonyl (C=O) groups excluding carboxylic acids is 1. The van der Waals surface area contributed by atoms with Crippen LogP contribution < -0.4 is 0 Å². The molecule has 3 heteroatoms. The van der Waals surface area contributed by atoms with E-state index >= 15 is 0 Å². The van der Waals surface area contributed by atoms with E-state index in [9.17, 15) is 9.90 Å². The van der Waals surface area contributed by atoms with E-state index in [0.717, 1.165) is 18.5 Å². The van der Waals surface area contributed by atoms with Gasteiger partial charge in [0.1, 0.15) is 0 Å². The third kappa shape index (κ3) is 3.94. The summed E-state index contributed by atoms with van der Waals surface area (Å²) in [6, 6.07) is 8.23. The number of carbonyl (C=O) groups is 1. The largest absolute Gasteiger partial charge is 0.393 e. The van der Waals surface area contributed by atoms with Crippen molar-refractivity contribution < 1.29 is 9.90 Å². The summed E-state index contributed by atoms with van der Waals surface area (Å²) in [5.74, 6) is 0.386. The first kappa shape index (κ1) is 14.8. The van der Waals surface area contributed by atoms with Gasteiger partial charge in [-0.15, -0.1) is 0 Å². The van der Waals surface area contributed by atoms with Gasteiger partial charge in [0.2, 0.25) is 5.91 Å².